The van der Waals surface area contributed by atoms with Crippen molar-refractivity contribution in [3.63, 3.8) is 0 Å². The summed E-state index contributed by atoms with van der Waals surface area (Å²) in [5.41, 5.74) is 3.85. The number of nitrogens with zero attached hydrogens (tertiary/aromatic N) is 3. The van der Waals surface area contributed by atoms with Crippen molar-refractivity contribution in [1.29, 1.82) is 0 Å². The zero-order valence-corrected chi connectivity index (χ0v) is 18.9. The van der Waals surface area contributed by atoms with Crippen molar-refractivity contribution < 1.29 is 23.2 Å². The molecule has 11 heteroatoms. The lowest BCUT2D eigenvalue weighted by atomic mass is 9.98. The maximum absolute atomic E-state index is 13.4. The molecule has 2 N–H and O–H groups in total. The monoisotopic (exact) mass is 466 g/mol. The molecule has 0 bridgehead atoms. The van der Waals surface area contributed by atoms with E-state index in [1.54, 1.807) is 16.8 Å². The van der Waals surface area contributed by atoms with Crippen LogP contribution in [0.2, 0.25) is 0 Å². The molecule has 0 atom stereocenters. The highest BCUT2D eigenvalue weighted by molar-refractivity contribution is 7.91. The molecule has 1 aromatic heterocycles. The number of ether oxygens (including phenoxy) is 1. The van der Waals surface area contributed by atoms with Crippen LogP contribution in [0.4, 0.5) is 5.13 Å². The molecule has 0 saturated carbocycles. The molecule has 3 heterocycles. The number of aromatic nitrogens is 1. The molecule has 0 unspecified atom stereocenters. The smallest absolute Gasteiger partial charge is 0.266 e. The van der Waals surface area contributed by atoms with Gasteiger partial charge in [-0.3, -0.25) is 10.0 Å². The van der Waals surface area contributed by atoms with Gasteiger partial charge in [0.25, 0.3) is 5.91 Å². The van der Waals surface area contributed by atoms with Gasteiger partial charge in [0.1, 0.15) is 0 Å². The van der Waals surface area contributed by atoms with Crippen LogP contribution in [0.25, 0.3) is 10.4 Å². The SMILES string of the molecule is Cc1cccc(-c2cnc(N3CCN(S(=O)(=O)C4(C(=O)NO)CCOCC4)CC3)s2)c1. The number of rotatable bonds is 5. The van der Waals surface area contributed by atoms with Crippen LogP contribution in [0.15, 0.2) is 30.5 Å². The zero-order chi connectivity index (χ0) is 22.1. The summed E-state index contributed by atoms with van der Waals surface area (Å²) in [6, 6.07) is 8.23. The van der Waals surface area contributed by atoms with Crippen LogP contribution in [0.5, 0.6) is 0 Å². The van der Waals surface area contributed by atoms with E-state index >= 15 is 0 Å². The molecule has 0 radical (unpaired) electrons. The normalized spacial score (nSPS) is 19.9. The molecule has 9 nitrogen and oxygen atoms in total. The topological polar surface area (TPSA) is 112 Å². The Hall–Kier alpha value is -2.05. The second kappa shape index (κ2) is 8.83. The number of benzene rings is 1. The number of thiazole rings is 1. The van der Waals surface area contributed by atoms with Gasteiger partial charge in [-0.2, -0.15) is 4.31 Å². The van der Waals surface area contributed by atoms with Crippen LogP contribution in [-0.2, 0) is 19.6 Å². The Labute approximate surface area is 185 Å². The number of carbonyl (C=O) groups is 1. The number of hydrogen-bond acceptors (Lipinski definition) is 8. The van der Waals surface area contributed by atoms with Crippen LogP contribution in [-0.4, -0.2) is 73.0 Å². The summed E-state index contributed by atoms with van der Waals surface area (Å²) in [5.74, 6) is -0.888. The second-order valence-electron chi connectivity index (χ2n) is 7.82. The van der Waals surface area contributed by atoms with E-state index in [9.17, 15) is 18.4 Å². The fraction of sp³-hybridized carbons (Fsp3) is 0.500. The first-order chi connectivity index (χ1) is 14.9. The molecular weight excluding hydrogens is 440 g/mol. The van der Waals surface area contributed by atoms with Gasteiger partial charge in [-0.25, -0.2) is 18.9 Å². The first-order valence-corrected chi connectivity index (χ1v) is 12.4. The van der Waals surface area contributed by atoms with Gasteiger partial charge in [-0.05, 0) is 12.5 Å². The van der Waals surface area contributed by atoms with Crippen molar-refractivity contribution in [2.45, 2.75) is 24.5 Å². The van der Waals surface area contributed by atoms with Crippen molar-refractivity contribution in [2.75, 3.05) is 44.3 Å². The van der Waals surface area contributed by atoms with Gasteiger partial charge in [0.15, 0.2) is 9.88 Å². The summed E-state index contributed by atoms with van der Waals surface area (Å²) in [5, 5.41) is 10.0. The Morgan fingerprint density at radius 1 is 1.23 bits per heavy atom. The van der Waals surface area contributed by atoms with E-state index in [-0.39, 0.29) is 39.1 Å². The molecule has 1 amide bonds. The summed E-state index contributed by atoms with van der Waals surface area (Å²) >= 11 is 1.58. The molecular formula is C20H26N4O5S2. The highest BCUT2D eigenvalue weighted by Gasteiger charge is 2.54. The molecule has 2 aromatic rings. The van der Waals surface area contributed by atoms with E-state index in [0.29, 0.717) is 13.1 Å². The molecule has 1 aromatic carbocycles. The number of hydroxylamine groups is 1. The highest BCUT2D eigenvalue weighted by Crippen LogP contribution is 2.35. The van der Waals surface area contributed by atoms with Gasteiger partial charge in [-0.15, -0.1) is 0 Å². The van der Waals surface area contributed by atoms with Crippen LogP contribution in [0.1, 0.15) is 18.4 Å². The zero-order valence-electron chi connectivity index (χ0n) is 17.3. The van der Waals surface area contributed by atoms with Crippen molar-refractivity contribution in [1.82, 2.24) is 14.8 Å². The summed E-state index contributed by atoms with van der Waals surface area (Å²) in [6.07, 6.45) is 1.89. The number of amides is 1. The number of anilines is 1. The molecule has 4 rings (SSSR count). The molecule has 2 aliphatic rings. The first kappa shape index (κ1) is 22.2. The lowest BCUT2D eigenvalue weighted by Gasteiger charge is -2.41. The van der Waals surface area contributed by atoms with E-state index in [2.05, 4.69) is 16.0 Å². The standard InChI is InChI=1S/C20H26N4O5S2/c1-15-3-2-4-16(13-15)17-14-21-19(30-17)23-7-9-24(10-8-23)31(27,28)20(18(25)22-26)5-11-29-12-6-20/h2-4,13-14,26H,5-12H2,1H3,(H,22,25). The third-order valence-corrected chi connectivity index (χ3v) is 9.69. The minimum Gasteiger partial charge on any atom is -0.381 e. The third-order valence-electron chi connectivity index (χ3n) is 5.95. The Bertz CT molecular complexity index is 1040. The minimum atomic E-state index is -3.97. The van der Waals surface area contributed by atoms with E-state index in [1.807, 2.05) is 31.3 Å². The molecule has 2 saturated heterocycles. The van der Waals surface area contributed by atoms with Crippen LogP contribution in [0, 0.1) is 6.92 Å². The summed E-state index contributed by atoms with van der Waals surface area (Å²) < 4.78 is 31.7. The molecule has 2 aliphatic heterocycles. The average molecular weight is 467 g/mol. The van der Waals surface area contributed by atoms with E-state index < -0.39 is 20.7 Å². The number of nitrogens with one attached hydrogen (secondary N) is 1. The van der Waals surface area contributed by atoms with Gasteiger partial charge in [0.2, 0.25) is 10.0 Å². The van der Waals surface area contributed by atoms with Gasteiger partial charge >= 0.3 is 0 Å². The van der Waals surface area contributed by atoms with E-state index in [1.165, 1.54) is 9.87 Å². The fourth-order valence-corrected chi connectivity index (χ4v) is 7.18. The lowest BCUT2D eigenvalue weighted by molar-refractivity contribution is -0.134. The molecule has 168 valence electrons. The van der Waals surface area contributed by atoms with Crippen LogP contribution >= 0.6 is 11.3 Å². The predicted octanol–water partition coefficient (Wildman–Crippen LogP) is 1.62. The number of piperazine rings is 1. The van der Waals surface area contributed by atoms with Crippen molar-refractivity contribution in [3.05, 3.63) is 36.0 Å². The van der Waals surface area contributed by atoms with E-state index in [4.69, 9.17) is 4.74 Å². The average Bonchev–Trinajstić information content (AvgIpc) is 3.29. The van der Waals surface area contributed by atoms with Gasteiger partial charge in [0, 0.05) is 58.4 Å². The largest absolute Gasteiger partial charge is 0.381 e. The van der Waals surface area contributed by atoms with Gasteiger partial charge in [0.05, 0.1) is 4.88 Å². The minimum absolute atomic E-state index is 0.0221. The van der Waals surface area contributed by atoms with Crippen molar-refractivity contribution in [2.24, 2.45) is 0 Å². The number of hydrogen-bond donors (Lipinski definition) is 2. The Balaban J connectivity index is 1.48. The van der Waals surface area contributed by atoms with Crippen molar-refractivity contribution in [3.8, 4) is 10.4 Å². The third kappa shape index (κ3) is 4.08. The summed E-state index contributed by atoms with van der Waals surface area (Å²) in [4.78, 5) is 20.1. The van der Waals surface area contributed by atoms with E-state index in [0.717, 1.165) is 15.6 Å². The molecule has 0 aliphatic carbocycles. The van der Waals surface area contributed by atoms with Gasteiger partial charge in [-0.1, -0.05) is 41.2 Å². The first-order valence-electron chi connectivity index (χ1n) is 10.2. The Morgan fingerprint density at radius 3 is 2.58 bits per heavy atom. The van der Waals surface area contributed by atoms with Crippen molar-refractivity contribution >= 4 is 32.4 Å². The number of aryl methyl sites for hydroxylation is 1. The van der Waals surface area contributed by atoms with Crippen LogP contribution in [0.3, 0.4) is 0 Å². The predicted molar refractivity (Wildman–Crippen MR) is 118 cm³/mol. The van der Waals surface area contributed by atoms with Gasteiger partial charge < -0.3 is 9.64 Å². The number of carbonyl (C=O) groups excluding carboxylic acids is 1. The Morgan fingerprint density at radius 2 is 1.94 bits per heavy atom. The highest BCUT2D eigenvalue weighted by atomic mass is 32.2. The molecule has 2 fully saturated rings. The lowest BCUT2D eigenvalue weighted by Crippen LogP contribution is -2.62. The Kier molecular flexibility index (Phi) is 6.31. The molecule has 31 heavy (non-hydrogen) atoms. The van der Waals surface area contributed by atoms with Crippen LogP contribution < -0.4 is 10.4 Å². The maximum atomic E-state index is 13.4. The summed E-state index contributed by atoms with van der Waals surface area (Å²) in [7, 11) is -3.97. The quantitative estimate of drug-likeness (QED) is 0.509. The fourth-order valence-electron chi connectivity index (χ4n) is 4.11. The summed E-state index contributed by atoms with van der Waals surface area (Å²) in [6.45, 7) is 3.83. The molecule has 0 spiro atoms. The second-order valence-corrected chi connectivity index (χ2v) is 11.1. The maximum Gasteiger partial charge on any atom is 0.266 e. The number of sulfonamides is 1.